The molecule has 0 rings (SSSR count). The van der Waals surface area contributed by atoms with Crippen LogP contribution in [0.3, 0.4) is 0 Å². The Morgan fingerprint density at radius 1 is 0.778 bits per heavy atom. The summed E-state index contributed by atoms with van der Waals surface area (Å²) in [7, 11) is 1.60. The fraction of sp³-hybridized carbons (Fsp3) is 1.00. The molecule has 7 heteroatoms. The highest BCUT2D eigenvalue weighted by Gasteiger charge is 2.48. The van der Waals surface area contributed by atoms with E-state index in [1.807, 2.05) is 20.8 Å². The van der Waals surface area contributed by atoms with E-state index in [-0.39, 0.29) is 0 Å². The third-order valence-electron chi connectivity index (χ3n) is 1.81. The second kappa shape index (κ2) is 8.97. The van der Waals surface area contributed by atoms with Crippen molar-refractivity contribution >= 4 is 9.05 Å². The van der Waals surface area contributed by atoms with Crippen molar-refractivity contribution in [2.24, 2.45) is 0 Å². The van der Waals surface area contributed by atoms with E-state index >= 15 is 0 Å². The molecule has 6 nitrogen and oxygen atoms in total. The zero-order chi connectivity index (χ0) is 14.1. The van der Waals surface area contributed by atoms with E-state index in [4.69, 9.17) is 27.2 Å². The highest BCUT2D eigenvalue weighted by atomic mass is 28.4. The highest BCUT2D eigenvalue weighted by Crippen LogP contribution is 2.19. The summed E-state index contributed by atoms with van der Waals surface area (Å²) in [5.41, 5.74) is -0.414. The lowest BCUT2D eigenvalue weighted by atomic mass is 10.2. The number of hydrogen-bond donors (Lipinski definition) is 0. The molecule has 0 unspecified atom stereocenters. The summed E-state index contributed by atoms with van der Waals surface area (Å²) in [5.74, 6) is 0. The van der Waals surface area contributed by atoms with Gasteiger partial charge in [-0.1, -0.05) is 0 Å². The first-order valence-electron chi connectivity index (χ1n) is 5.90. The van der Waals surface area contributed by atoms with Crippen LogP contribution in [0.5, 0.6) is 0 Å². The van der Waals surface area contributed by atoms with E-state index in [2.05, 4.69) is 0 Å². The van der Waals surface area contributed by atoms with Crippen LogP contribution in [0.25, 0.3) is 0 Å². The van der Waals surface area contributed by atoms with Crippen LogP contribution in [-0.2, 0) is 27.2 Å². The zero-order valence-corrected chi connectivity index (χ0v) is 13.3. The van der Waals surface area contributed by atoms with Crippen LogP contribution in [0.4, 0.5) is 0 Å². The predicted octanol–water partition coefficient (Wildman–Crippen LogP) is 1.21. The van der Waals surface area contributed by atoms with Crippen LogP contribution >= 0.6 is 0 Å². The predicted molar refractivity (Wildman–Crippen MR) is 69.3 cm³/mol. The molecule has 0 amide bonds. The van der Waals surface area contributed by atoms with E-state index in [1.54, 1.807) is 14.2 Å². The van der Waals surface area contributed by atoms with Gasteiger partial charge in [0.15, 0.2) is 0 Å². The van der Waals surface area contributed by atoms with E-state index in [9.17, 15) is 0 Å². The Morgan fingerprint density at radius 2 is 1.22 bits per heavy atom. The number of methoxy groups -OCH3 is 2. The Balaban J connectivity index is 4.50. The lowest BCUT2D eigenvalue weighted by Gasteiger charge is -2.32. The average molecular weight is 282 g/mol. The van der Waals surface area contributed by atoms with Gasteiger partial charge in [-0.05, 0) is 20.8 Å². The lowest BCUT2D eigenvalue weighted by molar-refractivity contribution is -0.0778. The molecule has 0 bridgehead atoms. The molecular formula is C11H26O6Si. The second-order valence-electron chi connectivity index (χ2n) is 4.60. The van der Waals surface area contributed by atoms with Gasteiger partial charge in [0.05, 0.1) is 32.0 Å². The molecule has 110 valence electrons. The fourth-order valence-corrected chi connectivity index (χ4v) is 3.07. The van der Waals surface area contributed by atoms with Crippen molar-refractivity contribution in [1.29, 1.82) is 0 Å². The minimum absolute atomic E-state index is 0.361. The van der Waals surface area contributed by atoms with Crippen molar-refractivity contribution in [1.82, 2.24) is 0 Å². The molecule has 0 aliphatic rings. The van der Waals surface area contributed by atoms with Gasteiger partial charge in [-0.3, -0.25) is 0 Å². The third kappa shape index (κ3) is 8.14. The number of hydrogen-bond acceptors (Lipinski definition) is 6. The normalized spacial score (nSPS) is 13.0. The maximum atomic E-state index is 5.83. The maximum absolute atomic E-state index is 5.83. The molecule has 0 spiro atoms. The molecule has 0 N–H and O–H groups in total. The van der Waals surface area contributed by atoms with E-state index in [0.29, 0.717) is 26.4 Å². The topological polar surface area (TPSA) is 55.4 Å². The van der Waals surface area contributed by atoms with Crippen LogP contribution in [0.1, 0.15) is 20.8 Å². The summed E-state index contributed by atoms with van der Waals surface area (Å²) >= 11 is 0. The van der Waals surface area contributed by atoms with Crippen LogP contribution < -0.4 is 0 Å². The molecule has 0 heterocycles. The minimum Gasteiger partial charge on any atom is -0.382 e. The van der Waals surface area contributed by atoms with Gasteiger partial charge in [0.25, 0.3) is 0 Å². The highest BCUT2D eigenvalue weighted by molar-refractivity contribution is 6.53. The summed E-state index contributed by atoms with van der Waals surface area (Å²) in [6.07, 6.45) is 0. The molecule has 0 aliphatic heterocycles. The largest absolute Gasteiger partial charge is 0.680 e. The molecule has 0 aromatic carbocycles. The molecule has 0 aromatic heterocycles. The second-order valence-corrected chi connectivity index (χ2v) is 6.79. The summed E-state index contributed by atoms with van der Waals surface area (Å²) in [5, 5.41) is 0. The molecule has 0 aromatic rings. The Bertz CT molecular complexity index is 196. The van der Waals surface area contributed by atoms with E-state index in [0.717, 1.165) is 0 Å². The first-order valence-corrected chi connectivity index (χ1v) is 7.53. The lowest BCUT2D eigenvalue weighted by Crippen LogP contribution is -2.53. The molecule has 0 saturated carbocycles. The first-order chi connectivity index (χ1) is 8.39. The van der Waals surface area contributed by atoms with E-state index in [1.165, 1.54) is 7.11 Å². The summed E-state index contributed by atoms with van der Waals surface area (Å²) < 4.78 is 32.4. The summed E-state index contributed by atoms with van der Waals surface area (Å²) in [4.78, 5) is 0. The van der Waals surface area contributed by atoms with E-state index < -0.39 is 14.6 Å². The molecule has 0 fully saturated rings. The smallest absolute Gasteiger partial charge is 0.382 e. The van der Waals surface area contributed by atoms with Crippen molar-refractivity contribution in [2.45, 2.75) is 26.4 Å². The quantitative estimate of drug-likeness (QED) is 0.443. The molecule has 0 atom stereocenters. The monoisotopic (exact) mass is 282 g/mol. The van der Waals surface area contributed by atoms with Crippen LogP contribution in [-0.4, -0.2) is 62.4 Å². The molecular weight excluding hydrogens is 256 g/mol. The van der Waals surface area contributed by atoms with Crippen LogP contribution in [0.15, 0.2) is 0 Å². The third-order valence-corrected chi connectivity index (χ3v) is 4.29. The molecule has 18 heavy (non-hydrogen) atoms. The van der Waals surface area contributed by atoms with Crippen molar-refractivity contribution in [3.05, 3.63) is 0 Å². The Kier molecular flexibility index (Phi) is 8.96. The maximum Gasteiger partial charge on any atom is 0.680 e. The van der Waals surface area contributed by atoms with Gasteiger partial charge < -0.3 is 27.2 Å². The zero-order valence-electron chi connectivity index (χ0n) is 12.3. The van der Waals surface area contributed by atoms with Crippen LogP contribution in [0, 0.1) is 0 Å². The standard InChI is InChI=1S/C11H26O6Si/c1-11(2,3)17-18(14-6,15-9-7-12-4)16-10-8-13-5/h7-10H2,1-6H3. The van der Waals surface area contributed by atoms with Gasteiger partial charge in [-0.25, -0.2) is 0 Å². The Labute approximate surface area is 111 Å². The van der Waals surface area contributed by atoms with Crippen molar-refractivity contribution in [3.8, 4) is 0 Å². The minimum atomic E-state index is -3.14. The van der Waals surface area contributed by atoms with Gasteiger partial charge in [0.2, 0.25) is 0 Å². The van der Waals surface area contributed by atoms with Gasteiger partial charge in [0.1, 0.15) is 0 Å². The van der Waals surface area contributed by atoms with Crippen molar-refractivity contribution in [2.75, 3.05) is 47.8 Å². The van der Waals surface area contributed by atoms with Gasteiger partial charge in [0, 0.05) is 21.3 Å². The molecule has 0 radical (unpaired) electrons. The fourth-order valence-electron chi connectivity index (χ4n) is 1.14. The number of ether oxygens (including phenoxy) is 2. The van der Waals surface area contributed by atoms with Crippen LogP contribution in [0.2, 0.25) is 0 Å². The molecule has 0 saturated heterocycles. The summed E-state index contributed by atoms with van der Waals surface area (Å²) in [6.45, 7) is 7.41. The average Bonchev–Trinajstić information content (AvgIpc) is 2.27. The number of rotatable bonds is 10. The molecule has 0 aliphatic carbocycles. The summed E-state index contributed by atoms with van der Waals surface area (Å²) in [6, 6.07) is 0. The van der Waals surface area contributed by atoms with Crippen molar-refractivity contribution in [3.63, 3.8) is 0 Å². The van der Waals surface area contributed by atoms with Gasteiger partial charge in [-0.2, -0.15) is 0 Å². The Morgan fingerprint density at radius 3 is 1.50 bits per heavy atom. The van der Waals surface area contributed by atoms with Crippen molar-refractivity contribution < 1.29 is 27.2 Å². The Hall–Kier alpha value is -0.0231. The SMILES string of the molecule is COCCO[Si](OC)(OCCOC)OC(C)(C)C. The van der Waals surface area contributed by atoms with Gasteiger partial charge in [-0.15, -0.1) is 0 Å². The van der Waals surface area contributed by atoms with Gasteiger partial charge >= 0.3 is 9.05 Å². The first kappa shape index (κ1) is 18.0.